The molecule has 3 aromatic carbocycles. The van der Waals surface area contributed by atoms with E-state index in [4.69, 9.17) is 16.6 Å². The predicted octanol–water partition coefficient (Wildman–Crippen LogP) is 6.61. The zero-order valence-corrected chi connectivity index (χ0v) is 16.4. The van der Waals surface area contributed by atoms with E-state index in [9.17, 15) is 0 Å². The average Bonchev–Trinajstić information content (AvgIpc) is 2.79. The number of rotatable bonds is 3. The summed E-state index contributed by atoms with van der Waals surface area (Å²) in [7, 11) is 0. The van der Waals surface area contributed by atoms with Crippen LogP contribution in [0.25, 0.3) is 33.3 Å². The van der Waals surface area contributed by atoms with Gasteiger partial charge in [0.15, 0.2) is 5.82 Å². The number of aromatic nitrogens is 3. The zero-order chi connectivity index (χ0) is 19.6. The lowest BCUT2D eigenvalue weighted by molar-refractivity contribution is 0.762. The second-order valence-electron chi connectivity index (χ2n) is 7.01. The Morgan fingerprint density at radius 3 is 2.21 bits per heavy atom. The van der Waals surface area contributed by atoms with Crippen molar-refractivity contribution in [3.63, 3.8) is 0 Å². The molecule has 0 saturated carbocycles. The van der Waals surface area contributed by atoms with E-state index in [1.165, 1.54) is 11.1 Å². The van der Waals surface area contributed by atoms with Gasteiger partial charge in [-0.15, -0.1) is 0 Å². The summed E-state index contributed by atoms with van der Waals surface area (Å²) in [4.78, 5) is 13.6. The number of fused-ring (bicyclic) bond motifs is 1. The van der Waals surface area contributed by atoms with Gasteiger partial charge in [-0.1, -0.05) is 85.0 Å². The van der Waals surface area contributed by atoms with E-state index >= 15 is 0 Å². The maximum absolute atomic E-state index is 6.29. The van der Waals surface area contributed by atoms with Gasteiger partial charge in [-0.25, -0.2) is 9.97 Å². The Kier molecular flexibility index (Phi) is 4.66. The molecule has 0 spiro atoms. The van der Waals surface area contributed by atoms with Crippen LogP contribution in [0.5, 0.6) is 0 Å². The van der Waals surface area contributed by atoms with Crippen molar-refractivity contribution < 1.29 is 0 Å². The zero-order valence-electron chi connectivity index (χ0n) is 15.7. The largest absolute Gasteiger partial charge is 0.226 e. The van der Waals surface area contributed by atoms with Gasteiger partial charge in [0.25, 0.3) is 0 Å². The van der Waals surface area contributed by atoms with Crippen molar-refractivity contribution in [1.29, 1.82) is 0 Å². The molecule has 0 N–H and O–H groups in total. The molecule has 5 rings (SSSR count). The second-order valence-corrected chi connectivity index (χ2v) is 7.35. The van der Waals surface area contributed by atoms with Crippen molar-refractivity contribution in [1.82, 2.24) is 15.0 Å². The summed E-state index contributed by atoms with van der Waals surface area (Å²) in [5.74, 6) is 1.43. The third-order valence-corrected chi connectivity index (χ3v) is 5.36. The van der Waals surface area contributed by atoms with Crippen LogP contribution in [0.15, 0.2) is 91.0 Å². The lowest BCUT2D eigenvalue weighted by Crippen LogP contribution is -2.06. The van der Waals surface area contributed by atoms with Crippen LogP contribution >= 0.6 is 11.6 Å². The van der Waals surface area contributed by atoms with Gasteiger partial charge in [0.05, 0.1) is 0 Å². The Balaban J connectivity index is 1.68. The van der Waals surface area contributed by atoms with Gasteiger partial charge in [0, 0.05) is 11.5 Å². The van der Waals surface area contributed by atoms with Gasteiger partial charge in [0.1, 0.15) is 5.82 Å². The van der Waals surface area contributed by atoms with Crippen LogP contribution in [-0.2, 0) is 0 Å². The monoisotopic (exact) mass is 395 g/mol. The van der Waals surface area contributed by atoms with Crippen molar-refractivity contribution in [2.75, 3.05) is 0 Å². The van der Waals surface area contributed by atoms with Crippen LogP contribution in [0.4, 0.5) is 0 Å². The van der Waals surface area contributed by atoms with Crippen molar-refractivity contribution in [3.8, 4) is 22.5 Å². The number of halogens is 1. The van der Waals surface area contributed by atoms with E-state index in [1.807, 2.05) is 24.3 Å². The minimum absolute atomic E-state index is 0.120. The first-order chi connectivity index (χ1) is 14.3. The Hall–Kier alpha value is -3.30. The van der Waals surface area contributed by atoms with Gasteiger partial charge in [0.2, 0.25) is 5.28 Å². The maximum atomic E-state index is 6.29. The molecule has 0 saturated heterocycles. The molecule has 29 heavy (non-hydrogen) atoms. The Morgan fingerprint density at radius 2 is 1.45 bits per heavy atom. The third kappa shape index (κ3) is 3.45. The molecule has 0 amide bonds. The van der Waals surface area contributed by atoms with Gasteiger partial charge in [-0.3, -0.25) is 0 Å². The highest BCUT2D eigenvalue weighted by Gasteiger charge is 2.17. The highest BCUT2D eigenvalue weighted by atomic mass is 35.5. The minimum Gasteiger partial charge on any atom is -0.212 e. The Morgan fingerprint density at radius 1 is 0.724 bits per heavy atom. The van der Waals surface area contributed by atoms with Crippen LogP contribution in [0, 0.1) is 0 Å². The topological polar surface area (TPSA) is 38.7 Å². The number of benzene rings is 3. The smallest absolute Gasteiger partial charge is 0.212 e. The van der Waals surface area contributed by atoms with E-state index in [2.05, 4.69) is 76.7 Å². The number of allylic oxidation sites excluding steroid dienone is 4. The van der Waals surface area contributed by atoms with Crippen molar-refractivity contribution >= 4 is 22.4 Å². The number of nitrogens with zero attached hydrogens (tertiary/aromatic N) is 3. The molecule has 1 aliphatic rings. The predicted molar refractivity (Wildman–Crippen MR) is 119 cm³/mol. The van der Waals surface area contributed by atoms with Gasteiger partial charge < -0.3 is 0 Å². The van der Waals surface area contributed by atoms with E-state index in [0.717, 1.165) is 22.8 Å². The molecule has 4 aromatic rings. The van der Waals surface area contributed by atoms with Crippen LogP contribution < -0.4 is 0 Å². The molecule has 3 nitrogen and oxygen atoms in total. The lowest BCUT2D eigenvalue weighted by Gasteiger charge is -2.14. The van der Waals surface area contributed by atoms with Gasteiger partial charge in [-0.2, -0.15) is 4.98 Å². The highest BCUT2D eigenvalue weighted by Crippen LogP contribution is 2.35. The van der Waals surface area contributed by atoms with Crippen LogP contribution in [0.3, 0.4) is 0 Å². The minimum atomic E-state index is 0.120. The average molecular weight is 396 g/mol. The first-order valence-corrected chi connectivity index (χ1v) is 10.00. The first kappa shape index (κ1) is 17.8. The summed E-state index contributed by atoms with van der Waals surface area (Å²) in [6.45, 7) is 0. The lowest BCUT2D eigenvalue weighted by atomic mass is 9.94. The quantitative estimate of drug-likeness (QED) is 0.391. The SMILES string of the molecule is Clc1nc(-c2ccc(-c3ccccc3)c3ccccc23)nc(C2C=CC=CC2)n1. The van der Waals surface area contributed by atoms with E-state index < -0.39 is 0 Å². The molecule has 0 radical (unpaired) electrons. The van der Waals surface area contributed by atoms with E-state index in [1.54, 1.807) is 0 Å². The normalized spacial score (nSPS) is 15.7. The summed E-state index contributed by atoms with van der Waals surface area (Å²) in [6.07, 6.45) is 9.15. The van der Waals surface area contributed by atoms with Crippen LogP contribution in [0.2, 0.25) is 5.28 Å². The highest BCUT2D eigenvalue weighted by molar-refractivity contribution is 6.28. The fraction of sp³-hybridized carbons (Fsp3) is 0.0800. The third-order valence-electron chi connectivity index (χ3n) is 5.19. The van der Waals surface area contributed by atoms with Crippen molar-refractivity contribution in [3.05, 3.63) is 102 Å². The molecule has 1 aromatic heterocycles. The molecule has 1 aliphatic carbocycles. The summed E-state index contributed by atoms with van der Waals surface area (Å²) in [5.41, 5.74) is 3.33. The number of hydrogen-bond acceptors (Lipinski definition) is 3. The summed E-state index contributed by atoms with van der Waals surface area (Å²) < 4.78 is 0. The van der Waals surface area contributed by atoms with Crippen LogP contribution in [0.1, 0.15) is 18.2 Å². The summed E-state index contributed by atoms with van der Waals surface area (Å²) in [6, 6.07) is 23.0. The van der Waals surface area contributed by atoms with Gasteiger partial charge in [-0.05, 0) is 46.0 Å². The molecular weight excluding hydrogens is 378 g/mol. The molecule has 4 heteroatoms. The summed E-state index contributed by atoms with van der Waals surface area (Å²) in [5, 5.41) is 2.49. The summed E-state index contributed by atoms with van der Waals surface area (Å²) >= 11 is 6.29. The fourth-order valence-electron chi connectivity index (χ4n) is 3.79. The van der Waals surface area contributed by atoms with Gasteiger partial charge >= 0.3 is 0 Å². The molecule has 0 aliphatic heterocycles. The second kappa shape index (κ2) is 7.61. The van der Waals surface area contributed by atoms with Crippen molar-refractivity contribution in [2.24, 2.45) is 0 Å². The maximum Gasteiger partial charge on any atom is 0.226 e. The Labute approximate surface area is 174 Å². The molecular formula is C25H18ClN3. The molecule has 1 atom stereocenters. The van der Waals surface area contributed by atoms with Crippen molar-refractivity contribution in [2.45, 2.75) is 12.3 Å². The molecule has 1 heterocycles. The molecule has 140 valence electrons. The standard InChI is InChI=1S/C25H18ClN3/c26-25-28-23(18-11-5-2-6-12-18)27-24(29-25)22-16-15-19(17-9-3-1-4-10-17)20-13-7-8-14-21(20)22/h1-11,13-16,18H,12H2. The van der Waals surface area contributed by atoms with E-state index in [0.29, 0.717) is 11.6 Å². The first-order valence-electron chi connectivity index (χ1n) is 9.62. The Bertz CT molecular complexity index is 1250. The molecule has 1 unspecified atom stereocenters. The number of hydrogen-bond donors (Lipinski definition) is 0. The van der Waals surface area contributed by atoms with E-state index in [-0.39, 0.29) is 11.2 Å². The fourth-order valence-corrected chi connectivity index (χ4v) is 3.95. The molecule has 0 fully saturated rings. The van der Waals surface area contributed by atoms with Crippen LogP contribution in [-0.4, -0.2) is 15.0 Å². The molecule has 0 bridgehead atoms.